The monoisotopic (exact) mass is 238 g/mol. The van der Waals surface area contributed by atoms with Crippen molar-refractivity contribution in [2.75, 3.05) is 0 Å². The van der Waals surface area contributed by atoms with E-state index in [-0.39, 0.29) is 0 Å². The SMILES string of the molecule is CCCCCCCn1nnc(CN)c1C(C)C. The van der Waals surface area contributed by atoms with Gasteiger partial charge in [-0.05, 0) is 12.3 Å². The topological polar surface area (TPSA) is 56.7 Å². The van der Waals surface area contributed by atoms with Crippen LogP contribution in [-0.2, 0) is 13.1 Å². The first kappa shape index (κ1) is 14.2. The van der Waals surface area contributed by atoms with E-state index in [1.807, 2.05) is 4.68 Å². The summed E-state index contributed by atoms with van der Waals surface area (Å²) >= 11 is 0. The standard InChI is InChI=1S/C13H26N4/c1-4-5-6-7-8-9-17-13(11(2)3)12(10-14)15-16-17/h11H,4-10,14H2,1-3H3. The number of hydrogen-bond acceptors (Lipinski definition) is 3. The number of aryl methyl sites for hydroxylation is 1. The molecule has 0 atom stereocenters. The molecule has 2 N–H and O–H groups in total. The van der Waals surface area contributed by atoms with Crippen LogP contribution in [0.1, 0.15) is 70.2 Å². The van der Waals surface area contributed by atoms with Gasteiger partial charge in [0.15, 0.2) is 0 Å². The third-order valence-electron chi connectivity index (χ3n) is 3.06. The molecule has 4 heteroatoms. The van der Waals surface area contributed by atoms with E-state index in [1.54, 1.807) is 0 Å². The quantitative estimate of drug-likeness (QED) is 0.708. The molecule has 0 bridgehead atoms. The van der Waals surface area contributed by atoms with Crippen molar-refractivity contribution in [3.05, 3.63) is 11.4 Å². The molecule has 0 saturated carbocycles. The molecule has 0 saturated heterocycles. The summed E-state index contributed by atoms with van der Waals surface area (Å²) < 4.78 is 2.04. The van der Waals surface area contributed by atoms with Crippen molar-refractivity contribution in [3.63, 3.8) is 0 Å². The third kappa shape index (κ3) is 4.11. The number of rotatable bonds is 8. The fourth-order valence-corrected chi connectivity index (χ4v) is 2.16. The predicted molar refractivity (Wildman–Crippen MR) is 70.8 cm³/mol. The van der Waals surface area contributed by atoms with Crippen LogP contribution in [0.2, 0.25) is 0 Å². The van der Waals surface area contributed by atoms with E-state index in [4.69, 9.17) is 5.73 Å². The lowest BCUT2D eigenvalue weighted by Crippen LogP contribution is -2.09. The van der Waals surface area contributed by atoms with Gasteiger partial charge in [0.05, 0.1) is 11.4 Å². The number of aromatic nitrogens is 3. The maximum absolute atomic E-state index is 5.68. The lowest BCUT2D eigenvalue weighted by molar-refractivity contribution is 0.498. The molecule has 0 aliphatic carbocycles. The molecule has 17 heavy (non-hydrogen) atoms. The maximum Gasteiger partial charge on any atom is 0.0997 e. The molecular formula is C13H26N4. The van der Waals surface area contributed by atoms with Crippen molar-refractivity contribution in [1.82, 2.24) is 15.0 Å². The van der Waals surface area contributed by atoms with Gasteiger partial charge in [-0.1, -0.05) is 51.7 Å². The van der Waals surface area contributed by atoms with Crippen molar-refractivity contribution in [2.24, 2.45) is 5.73 Å². The zero-order chi connectivity index (χ0) is 12.7. The maximum atomic E-state index is 5.68. The van der Waals surface area contributed by atoms with Crippen LogP contribution in [0.25, 0.3) is 0 Å². The van der Waals surface area contributed by atoms with E-state index in [9.17, 15) is 0 Å². The summed E-state index contributed by atoms with van der Waals surface area (Å²) in [5.41, 5.74) is 7.84. The highest BCUT2D eigenvalue weighted by Crippen LogP contribution is 2.18. The molecule has 0 radical (unpaired) electrons. The summed E-state index contributed by atoms with van der Waals surface area (Å²) in [7, 11) is 0. The van der Waals surface area contributed by atoms with Crippen molar-refractivity contribution >= 4 is 0 Å². The molecule has 0 unspecified atom stereocenters. The summed E-state index contributed by atoms with van der Waals surface area (Å²) in [4.78, 5) is 0. The second-order valence-corrected chi connectivity index (χ2v) is 4.92. The Bertz CT molecular complexity index is 317. The van der Waals surface area contributed by atoms with Crippen LogP contribution < -0.4 is 5.73 Å². The van der Waals surface area contributed by atoms with Crippen LogP contribution in [0.4, 0.5) is 0 Å². The minimum absolute atomic E-state index is 0.444. The Balaban J connectivity index is 2.50. The van der Waals surface area contributed by atoms with Crippen molar-refractivity contribution in [3.8, 4) is 0 Å². The first-order chi connectivity index (χ1) is 8.20. The van der Waals surface area contributed by atoms with E-state index in [0.717, 1.165) is 12.2 Å². The predicted octanol–water partition coefficient (Wildman–Crippen LogP) is 2.83. The van der Waals surface area contributed by atoms with Gasteiger partial charge < -0.3 is 5.73 Å². The second kappa shape index (κ2) is 7.43. The van der Waals surface area contributed by atoms with E-state index in [1.165, 1.54) is 37.8 Å². The molecule has 98 valence electrons. The number of nitrogens with zero attached hydrogens (tertiary/aromatic N) is 3. The van der Waals surface area contributed by atoms with Gasteiger partial charge in [-0.3, -0.25) is 0 Å². The molecule has 1 heterocycles. The Morgan fingerprint density at radius 3 is 2.47 bits per heavy atom. The smallest absolute Gasteiger partial charge is 0.0997 e. The summed E-state index contributed by atoms with van der Waals surface area (Å²) in [5.74, 6) is 0.444. The first-order valence-electron chi connectivity index (χ1n) is 6.83. The number of nitrogens with two attached hydrogens (primary N) is 1. The molecule has 4 nitrogen and oxygen atoms in total. The van der Waals surface area contributed by atoms with Crippen LogP contribution in [-0.4, -0.2) is 15.0 Å². The second-order valence-electron chi connectivity index (χ2n) is 4.92. The Labute approximate surface area is 105 Å². The molecule has 1 aromatic rings. The van der Waals surface area contributed by atoms with Gasteiger partial charge in [-0.25, -0.2) is 4.68 Å². The Hall–Kier alpha value is -0.900. The number of hydrogen-bond donors (Lipinski definition) is 1. The average Bonchev–Trinajstić information content (AvgIpc) is 2.72. The molecule has 0 aliphatic rings. The van der Waals surface area contributed by atoms with E-state index in [2.05, 4.69) is 31.1 Å². The zero-order valence-electron chi connectivity index (χ0n) is 11.4. The Morgan fingerprint density at radius 1 is 1.18 bits per heavy atom. The van der Waals surface area contributed by atoms with E-state index in [0.29, 0.717) is 12.5 Å². The largest absolute Gasteiger partial charge is 0.325 e. The van der Waals surface area contributed by atoms with Crippen LogP contribution in [0.3, 0.4) is 0 Å². The molecule has 0 fully saturated rings. The zero-order valence-corrected chi connectivity index (χ0v) is 11.4. The van der Waals surface area contributed by atoms with E-state index < -0.39 is 0 Å². The normalized spacial score (nSPS) is 11.4. The molecule has 0 amide bonds. The minimum Gasteiger partial charge on any atom is -0.325 e. The Morgan fingerprint density at radius 2 is 1.88 bits per heavy atom. The highest BCUT2D eigenvalue weighted by atomic mass is 15.4. The highest BCUT2D eigenvalue weighted by molar-refractivity contribution is 5.13. The highest BCUT2D eigenvalue weighted by Gasteiger charge is 2.14. The summed E-state index contributed by atoms with van der Waals surface area (Å²) in [6.07, 6.45) is 6.42. The molecule has 0 spiro atoms. The number of unbranched alkanes of at least 4 members (excludes halogenated alkanes) is 4. The lowest BCUT2D eigenvalue weighted by Gasteiger charge is -2.10. The fraction of sp³-hybridized carbons (Fsp3) is 0.846. The minimum atomic E-state index is 0.444. The molecule has 1 rings (SSSR count). The van der Waals surface area contributed by atoms with Crippen LogP contribution in [0.5, 0.6) is 0 Å². The van der Waals surface area contributed by atoms with Crippen LogP contribution in [0.15, 0.2) is 0 Å². The van der Waals surface area contributed by atoms with Gasteiger partial charge in [0.1, 0.15) is 0 Å². The molecule has 0 aromatic carbocycles. The molecule has 0 aliphatic heterocycles. The van der Waals surface area contributed by atoms with Crippen molar-refractivity contribution in [1.29, 1.82) is 0 Å². The van der Waals surface area contributed by atoms with Crippen LogP contribution >= 0.6 is 0 Å². The summed E-state index contributed by atoms with van der Waals surface area (Å²) in [6.45, 7) is 8.05. The van der Waals surface area contributed by atoms with Gasteiger partial charge in [-0.15, -0.1) is 5.10 Å². The van der Waals surface area contributed by atoms with Crippen molar-refractivity contribution in [2.45, 2.75) is 71.9 Å². The Kier molecular flexibility index (Phi) is 6.19. The van der Waals surface area contributed by atoms with Gasteiger partial charge in [0.2, 0.25) is 0 Å². The van der Waals surface area contributed by atoms with Gasteiger partial charge in [-0.2, -0.15) is 0 Å². The van der Waals surface area contributed by atoms with Crippen LogP contribution in [0, 0.1) is 0 Å². The first-order valence-corrected chi connectivity index (χ1v) is 6.83. The molecular weight excluding hydrogens is 212 g/mol. The summed E-state index contributed by atoms with van der Waals surface area (Å²) in [5, 5.41) is 8.37. The third-order valence-corrected chi connectivity index (χ3v) is 3.06. The summed E-state index contributed by atoms with van der Waals surface area (Å²) in [6, 6.07) is 0. The average molecular weight is 238 g/mol. The van der Waals surface area contributed by atoms with Gasteiger partial charge >= 0.3 is 0 Å². The fourth-order valence-electron chi connectivity index (χ4n) is 2.16. The lowest BCUT2D eigenvalue weighted by atomic mass is 10.1. The van der Waals surface area contributed by atoms with Gasteiger partial charge in [0, 0.05) is 13.1 Å². The van der Waals surface area contributed by atoms with E-state index >= 15 is 0 Å². The molecule has 1 aromatic heterocycles. The van der Waals surface area contributed by atoms with Crippen molar-refractivity contribution < 1.29 is 0 Å². The van der Waals surface area contributed by atoms with Gasteiger partial charge in [0.25, 0.3) is 0 Å².